The number of carbonyl (C=O) groups excluding carboxylic acids is 2. The summed E-state index contributed by atoms with van der Waals surface area (Å²) in [5, 5.41) is 11.0. The second-order valence-electron chi connectivity index (χ2n) is 8.70. The van der Waals surface area contributed by atoms with Gasteiger partial charge in [-0.2, -0.15) is 16.3 Å². The average Bonchev–Trinajstić information content (AvgIpc) is 3.48. The fourth-order valence-corrected chi connectivity index (χ4v) is 5.19. The van der Waals surface area contributed by atoms with Crippen LogP contribution in [0.5, 0.6) is 0 Å². The van der Waals surface area contributed by atoms with Crippen LogP contribution >= 0.6 is 11.3 Å². The molecule has 4 rings (SSSR count). The Morgan fingerprint density at radius 1 is 1.27 bits per heavy atom. The van der Waals surface area contributed by atoms with Crippen molar-refractivity contribution in [3.05, 3.63) is 34.1 Å². The molecule has 8 heteroatoms. The van der Waals surface area contributed by atoms with E-state index in [0.717, 1.165) is 25.7 Å². The van der Waals surface area contributed by atoms with Gasteiger partial charge < -0.3 is 14.7 Å². The molecule has 0 aromatic carbocycles. The SMILES string of the molecule is CC(C)c1noc([C@@H]2C[C@H]3C(=O)NCCCCCCN(C(=O)c4ccsc4)[C@H]3C2)n1. The van der Waals surface area contributed by atoms with Crippen LogP contribution in [0.15, 0.2) is 21.3 Å². The van der Waals surface area contributed by atoms with E-state index in [9.17, 15) is 9.59 Å². The third kappa shape index (κ3) is 4.43. The van der Waals surface area contributed by atoms with Gasteiger partial charge in [0.2, 0.25) is 11.8 Å². The maximum atomic E-state index is 13.3. The zero-order valence-electron chi connectivity index (χ0n) is 17.7. The first kappa shape index (κ1) is 21.0. The lowest BCUT2D eigenvalue weighted by Gasteiger charge is -2.32. The van der Waals surface area contributed by atoms with E-state index in [1.54, 1.807) is 0 Å². The molecule has 2 aromatic heterocycles. The van der Waals surface area contributed by atoms with Crippen LogP contribution in [0.4, 0.5) is 0 Å². The largest absolute Gasteiger partial charge is 0.356 e. The summed E-state index contributed by atoms with van der Waals surface area (Å²) in [5.74, 6) is 1.26. The summed E-state index contributed by atoms with van der Waals surface area (Å²) >= 11 is 1.52. The quantitative estimate of drug-likeness (QED) is 0.797. The second kappa shape index (κ2) is 9.29. The van der Waals surface area contributed by atoms with Crippen LogP contribution in [0.3, 0.4) is 0 Å². The lowest BCUT2D eigenvalue weighted by atomic mass is 9.99. The van der Waals surface area contributed by atoms with Crippen LogP contribution in [-0.2, 0) is 4.79 Å². The predicted molar refractivity (Wildman–Crippen MR) is 114 cm³/mol. The van der Waals surface area contributed by atoms with E-state index in [2.05, 4.69) is 15.5 Å². The predicted octanol–water partition coefficient (Wildman–Crippen LogP) is 3.95. The minimum Gasteiger partial charge on any atom is -0.356 e. The van der Waals surface area contributed by atoms with Crippen molar-refractivity contribution < 1.29 is 14.1 Å². The van der Waals surface area contributed by atoms with Gasteiger partial charge in [0.05, 0.1) is 11.5 Å². The molecule has 0 radical (unpaired) electrons. The number of hydrogen-bond acceptors (Lipinski definition) is 6. The fourth-order valence-electron chi connectivity index (χ4n) is 4.56. The highest BCUT2D eigenvalue weighted by atomic mass is 32.1. The molecule has 30 heavy (non-hydrogen) atoms. The molecule has 3 heterocycles. The first-order valence-corrected chi connectivity index (χ1v) is 11.9. The number of rotatable bonds is 3. The standard InChI is InChI=1S/C22H30N4O3S/c1-14(2)19-24-21(29-25-19)16-11-17-18(12-16)26(22(28)15-7-10-30-13-15)9-6-4-3-5-8-23-20(17)27/h7,10,13-14,16-18H,3-6,8-9,11-12H2,1-2H3,(H,23,27)/t16-,17-,18+/m1/s1. The van der Waals surface area contributed by atoms with Gasteiger partial charge in [-0.25, -0.2) is 0 Å². The van der Waals surface area contributed by atoms with Gasteiger partial charge in [0.25, 0.3) is 5.91 Å². The molecule has 0 bridgehead atoms. The average molecular weight is 431 g/mol. The van der Waals surface area contributed by atoms with Gasteiger partial charge >= 0.3 is 0 Å². The van der Waals surface area contributed by atoms with E-state index in [1.807, 2.05) is 35.6 Å². The summed E-state index contributed by atoms with van der Waals surface area (Å²) in [6.45, 7) is 5.43. The first-order chi connectivity index (χ1) is 14.5. The smallest absolute Gasteiger partial charge is 0.254 e. The van der Waals surface area contributed by atoms with Crippen LogP contribution in [0, 0.1) is 5.92 Å². The molecule has 162 valence electrons. The number of nitrogens with zero attached hydrogens (tertiary/aromatic N) is 3. The molecule has 1 N–H and O–H groups in total. The Balaban J connectivity index is 1.63. The van der Waals surface area contributed by atoms with Crippen molar-refractivity contribution in [3.8, 4) is 0 Å². The minimum absolute atomic E-state index is 0.00790. The number of nitrogens with one attached hydrogen (secondary N) is 1. The zero-order chi connectivity index (χ0) is 21.1. The molecule has 0 unspecified atom stereocenters. The van der Waals surface area contributed by atoms with Crippen molar-refractivity contribution in [2.24, 2.45) is 5.92 Å². The number of amides is 2. The third-order valence-electron chi connectivity index (χ3n) is 6.24. The van der Waals surface area contributed by atoms with Gasteiger partial charge in [-0.15, -0.1) is 0 Å². The molecule has 3 atom stereocenters. The van der Waals surface area contributed by atoms with E-state index in [0.29, 0.717) is 43.2 Å². The zero-order valence-corrected chi connectivity index (χ0v) is 18.5. The molecule has 2 fully saturated rings. The van der Waals surface area contributed by atoms with E-state index in [1.165, 1.54) is 11.3 Å². The normalized spacial score (nSPS) is 25.6. The summed E-state index contributed by atoms with van der Waals surface area (Å²) in [6, 6.07) is 1.71. The van der Waals surface area contributed by atoms with Gasteiger partial charge in [0.1, 0.15) is 0 Å². The highest BCUT2D eigenvalue weighted by molar-refractivity contribution is 7.08. The summed E-state index contributed by atoms with van der Waals surface area (Å²) in [5.41, 5.74) is 0.706. The summed E-state index contributed by atoms with van der Waals surface area (Å²) < 4.78 is 5.56. The van der Waals surface area contributed by atoms with E-state index in [4.69, 9.17) is 4.52 Å². The Bertz CT molecular complexity index is 864. The van der Waals surface area contributed by atoms with Crippen molar-refractivity contribution >= 4 is 23.2 Å². The second-order valence-corrected chi connectivity index (χ2v) is 9.48. The highest BCUT2D eigenvalue weighted by Gasteiger charge is 2.45. The molecular weight excluding hydrogens is 400 g/mol. The first-order valence-electron chi connectivity index (χ1n) is 11.0. The van der Waals surface area contributed by atoms with Crippen molar-refractivity contribution in [2.45, 2.75) is 70.3 Å². The Hall–Kier alpha value is -2.22. The number of aromatic nitrogens is 2. The number of carbonyl (C=O) groups is 2. The van der Waals surface area contributed by atoms with Crippen molar-refractivity contribution in [1.82, 2.24) is 20.4 Å². The van der Waals surface area contributed by atoms with Gasteiger partial charge in [0, 0.05) is 36.3 Å². The van der Waals surface area contributed by atoms with E-state index in [-0.39, 0.29) is 35.6 Å². The monoisotopic (exact) mass is 430 g/mol. The van der Waals surface area contributed by atoms with Gasteiger partial charge in [-0.05, 0) is 37.1 Å². The maximum Gasteiger partial charge on any atom is 0.254 e. The molecule has 7 nitrogen and oxygen atoms in total. The molecular formula is C22H30N4O3S. The van der Waals surface area contributed by atoms with E-state index < -0.39 is 0 Å². The Morgan fingerprint density at radius 2 is 2.10 bits per heavy atom. The molecule has 0 spiro atoms. The van der Waals surface area contributed by atoms with Crippen LogP contribution in [0.1, 0.15) is 86.3 Å². The topological polar surface area (TPSA) is 88.3 Å². The number of fused-ring (bicyclic) bond motifs is 1. The fraction of sp³-hybridized carbons (Fsp3) is 0.636. The van der Waals surface area contributed by atoms with Gasteiger partial charge in [-0.1, -0.05) is 31.8 Å². The Kier molecular flexibility index (Phi) is 6.51. The Morgan fingerprint density at radius 3 is 2.83 bits per heavy atom. The molecule has 1 saturated heterocycles. The number of hydrogen-bond donors (Lipinski definition) is 1. The lowest BCUT2D eigenvalue weighted by molar-refractivity contribution is -0.126. The van der Waals surface area contributed by atoms with Crippen LogP contribution in [-0.4, -0.2) is 46.0 Å². The van der Waals surface area contributed by atoms with Crippen molar-refractivity contribution in [1.29, 1.82) is 0 Å². The number of thiophene rings is 1. The minimum atomic E-state index is -0.259. The van der Waals surface area contributed by atoms with Gasteiger partial charge in [-0.3, -0.25) is 9.59 Å². The van der Waals surface area contributed by atoms with Crippen LogP contribution in [0.25, 0.3) is 0 Å². The van der Waals surface area contributed by atoms with Crippen LogP contribution < -0.4 is 5.32 Å². The molecule has 1 aliphatic heterocycles. The molecule has 2 aliphatic rings. The lowest BCUT2D eigenvalue weighted by Crippen LogP contribution is -2.47. The molecule has 2 amide bonds. The highest BCUT2D eigenvalue weighted by Crippen LogP contribution is 2.41. The maximum absolute atomic E-state index is 13.3. The third-order valence-corrected chi connectivity index (χ3v) is 6.93. The Labute approximate surface area is 181 Å². The molecule has 1 saturated carbocycles. The summed E-state index contributed by atoms with van der Waals surface area (Å²) in [7, 11) is 0. The molecule has 2 aromatic rings. The van der Waals surface area contributed by atoms with Gasteiger partial charge in [0.15, 0.2) is 5.82 Å². The van der Waals surface area contributed by atoms with Crippen molar-refractivity contribution in [3.63, 3.8) is 0 Å². The summed E-state index contributed by atoms with van der Waals surface area (Å²) in [4.78, 5) is 32.9. The van der Waals surface area contributed by atoms with E-state index >= 15 is 0 Å². The summed E-state index contributed by atoms with van der Waals surface area (Å²) in [6.07, 6.45) is 5.37. The molecule has 1 aliphatic carbocycles. The van der Waals surface area contributed by atoms with Crippen molar-refractivity contribution in [2.75, 3.05) is 13.1 Å². The van der Waals surface area contributed by atoms with Crippen LogP contribution in [0.2, 0.25) is 0 Å².